The van der Waals surface area contributed by atoms with Crippen LogP contribution in [-0.2, 0) is 6.54 Å². The van der Waals surface area contributed by atoms with Crippen LogP contribution >= 0.6 is 22.6 Å². The molecular weight excluding hydrogens is 363 g/mol. The van der Waals surface area contributed by atoms with E-state index in [4.69, 9.17) is 4.74 Å². The number of ether oxygens (including phenoxy) is 1. The van der Waals surface area contributed by atoms with E-state index in [-0.39, 0.29) is 0 Å². The number of para-hydroxylation sites is 1. The lowest BCUT2D eigenvalue weighted by Gasteiger charge is -2.10. The first-order valence-electron chi connectivity index (χ1n) is 6.40. The summed E-state index contributed by atoms with van der Waals surface area (Å²) in [6.45, 7) is 3.72. The molecule has 1 N–H and O–H groups in total. The number of halogens is 1. The summed E-state index contributed by atoms with van der Waals surface area (Å²) in [7, 11) is 0. The first kappa shape index (κ1) is 14.8. The highest BCUT2D eigenvalue weighted by atomic mass is 127. The van der Waals surface area contributed by atoms with Gasteiger partial charge in [-0.25, -0.2) is 0 Å². The van der Waals surface area contributed by atoms with Crippen LogP contribution in [0.1, 0.15) is 18.1 Å². The van der Waals surface area contributed by atoms with Gasteiger partial charge in [0, 0.05) is 6.54 Å². The molecule has 0 bridgehead atoms. The molecule has 2 aromatic rings. The first-order valence-corrected chi connectivity index (χ1v) is 7.48. The van der Waals surface area contributed by atoms with Crippen molar-refractivity contribution in [1.82, 2.24) is 5.32 Å². The lowest BCUT2D eigenvalue weighted by Crippen LogP contribution is -2.11. The van der Waals surface area contributed by atoms with Crippen LogP contribution in [0.2, 0.25) is 0 Å². The highest BCUT2D eigenvalue weighted by molar-refractivity contribution is 14.1. The number of hydrogen-bond donors (Lipinski definition) is 1. The van der Waals surface area contributed by atoms with E-state index < -0.39 is 0 Å². The summed E-state index contributed by atoms with van der Waals surface area (Å²) in [6.07, 6.45) is 0. The van der Waals surface area contributed by atoms with Crippen LogP contribution in [0.3, 0.4) is 0 Å². The van der Waals surface area contributed by atoms with Crippen LogP contribution in [0.4, 0.5) is 0 Å². The monoisotopic (exact) mass is 378 g/mol. The SMILES string of the molecule is CCNCc1ccc(Oc2ccccc2I)c(C#N)c1. The van der Waals surface area contributed by atoms with Gasteiger partial charge in [-0.2, -0.15) is 5.26 Å². The van der Waals surface area contributed by atoms with E-state index in [9.17, 15) is 5.26 Å². The molecule has 2 rings (SSSR count). The standard InChI is InChI=1S/C16H15IN2O/c1-2-19-11-12-7-8-15(13(9-12)10-18)20-16-6-4-3-5-14(16)17/h3-9,19H,2,11H2,1H3. The van der Waals surface area contributed by atoms with Gasteiger partial charge in [-0.05, 0) is 59.0 Å². The average Bonchev–Trinajstić information content (AvgIpc) is 2.48. The van der Waals surface area contributed by atoms with Gasteiger partial charge < -0.3 is 10.1 Å². The third kappa shape index (κ3) is 3.71. The molecule has 0 spiro atoms. The van der Waals surface area contributed by atoms with Crippen molar-refractivity contribution in [3.8, 4) is 17.6 Å². The van der Waals surface area contributed by atoms with Crippen molar-refractivity contribution in [3.63, 3.8) is 0 Å². The summed E-state index contributed by atoms with van der Waals surface area (Å²) in [5, 5.41) is 12.5. The number of rotatable bonds is 5. The Hall–Kier alpha value is -1.58. The molecule has 20 heavy (non-hydrogen) atoms. The van der Waals surface area contributed by atoms with Crippen molar-refractivity contribution in [1.29, 1.82) is 5.26 Å². The Morgan fingerprint density at radius 2 is 2.00 bits per heavy atom. The lowest BCUT2D eigenvalue weighted by atomic mass is 10.1. The number of nitriles is 1. The molecule has 0 radical (unpaired) electrons. The Kier molecular flexibility index (Phi) is 5.39. The van der Waals surface area contributed by atoms with Crippen molar-refractivity contribution in [2.45, 2.75) is 13.5 Å². The Morgan fingerprint density at radius 3 is 2.70 bits per heavy atom. The van der Waals surface area contributed by atoms with E-state index in [1.807, 2.05) is 42.5 Å². The number of benzene rings is 2. The minimum atomic E-state index is 0.556. The van der Waals surface area contributed by atoms with Crippen LogP contribution in [0, 0.1) is 14.9 Å². The molecule has 4 heteroatoms. The third-order valence-electron chi connectivity index (χ3n) is 2.80. The van der Waals surface area contributed by atoms with Gasteiger partial charge in [0.15, 0.2) is 0 Å². The maximum Gasteiger partial charge on any atom is 0.145 e. The van der Waals surface area contributed by atoms with Crippen LogP contribution in [-0.4, -0.2) is 6.54 Å². The molecule has 0 saturated heterocycles. The zero-order valence-corrected chi connectivity index (χ0v) is 13.3. The molecule has 0 aliphatic carbocycles. The maximum atomic E-state index is 9.26. The molecular formula is C16H15IN2O. The van der Waals surface area contributed by atoms with E-state index >= 15 is 0 Å². The fourth-order valence-electron chi connectivity index (χ4n) is 1.78. The molecule has 0 aliphatic rings. The second-order valence-electron chi connectivity index (χ2n) is 4.26. The molecule has 0 unspecified atom stereocenters. The van der Waals surface area contributed by atoms with Crippen molar-refractivity contribution in [2.24, 2.45) is 0 Å². The normalized spacial score (nSPS) is 10.1. The fourth-order valence-corrected chi connectivity index (χ4v) is 2.28. The van der Waals surface area contributed by atoms with Gasteiger partial charge in [0.25, 0.3) is 0 Å². The van der Waals surface area contributed by atoms with Crippen molar-refractivity contribution in [2.75, 3.05) is 6.54 Å². The Labute approximate surface area is 132 Å². The molecule has 0 heterocycles. The topological polar surface area (TPSA) is 45.0 Å². The minimum Gasteiger partial charge on any atom is -0.455 e. The van der Waals surface area contributed by atoms with Crippen molar-refractivity contribution in [3.05, 3.63) is 57.2 Å². The number of nitrogens with one attached hydrogen (secondary N) is 1. The number of hydrogen-bond acceptors (Lipinski definition) is 3. The van der Waals surface area contributed by atoms with Crippen molar-refractivity contribution >= 4 is 22.6 Å². The fraction of sp³-hybridized carbons (Fsp3) is 0.188. The van der Waals surface area contributed by atoms with E-state index in [0.29, 0.717) is 11.3 Å². The molecule has 0 fully saturated rings. The summed E-state index contributed by atoms with van der Waals surface area (Å²) in [5.74, 6) is 1.36. The predicted molar refractivity (Wildman–Crippen MR) is 87.8 cm³/mol. The van der Waals surface area contributed by atoms with Gasteiger partial charge in [-0.15, -0.1) is 0 Å². The van der Waals surface area contributed by atoms with E-state index in [0.717, 1.165) is 28.0 Å². The molecule has 0 atom stereocenters. The Morgan fingerprint density at radius 1 is 1.20 bits per heavy atom. The largest absolute Gasteiger partial charge is 0.455 e. The van der Waals surface area contributed by atoms with Crippen LogP contribution in [0.5, 0.6) is 11.5 Å². The zero-order chi connectivity index (χ0) is 14.4. The van der Waals surface area contributed by atoms with Gasteiger partial charge in [0.2, 0.25) is 0 Å². The quantitative estimate of drug-likeness (QED) is 0.798. The van der Waals surface area contributed by atoms with E-state index in [1.165, 1.54) is 0 Å². The zero-order valence-electron chi connectivity index (χ0n) is 11.2. The van der Waals surface area contributed by atoms with Crippen LogP contribution in [0.15, 0.2) is 42.5 Å². The van der Waals surface area contributed by atoms with Crippen molar-refractivity contribution < 1.29 is 4.74 Å². The van der Waals surface area contributed by atoms with Gasteiger partial charge in [0.05, 0.1) is 9.13 Å². The summed E-state index contributed by atoms with van der Waals surface area (Å²) in [4.78, 5) is 0. The maximum absolute atomic E-state index is 9.26. The highest BCUT2D eigenvalue weighted by Gasteiger charge is 2.08. The van der Waals surface area contributed by atoms with Gasteiger partial charge >= 0.3 is 0 Å². The molecule has 2 aromatic carbocycles. The second-order valence-corrected chi connectivity index (χ2v) is 5.42. The lowest BCUT2D eigenvalue weighted by molar-refractivity contribution is 0.477. The summed E-state index contributed by atoms with van der Waals surface area (Å²) in [6, 6.07) is 15.7. The van der Waals surface area contributed by atoms with Gasteiger partial charge in [0.1, 0.15) is 17.6 Å². The Balaban J connectivity index is 2.24. The Bertz CT molecular complexity index is 635. The average molecular weight is 378 g/mol. The summed E-state index contributed by atoms with van der Waals surface area (Å²) >= 11 is 2.22. The van der Waals surface area contributed by atoms with E-state index in [1.54, 1.807) is 0 Å². The summed E-state index contributed by atoms with van der Waals surface area (Å²) in [5.41, 5.74) is 1.64. The second kappa shape index (κ2) is 7.27. The predicted octanol–water partition coefficient (Wildman–Crippen LogP) is 4.06. The van der Waals surface area contributed by atoms with Gasteiger partial charge in [-0.1, -0.05) is 25.1 Å². The molecule has 0 amide bonds. The third-order valence-corrected chi connectivity index (χ3v) is 3.69. The number of nitrogens with zero attached hydrogens (tertiary/aromatic N) is 1. The minimum absolute atomic E-state index is 0.556. The molecule has 0 aromatic heterocycles. The molecule has 102 valence electrons. The van der Waals surface area contributed by atoms with Crippen LogP contribution < -0.4 is 10.1 Å². The summed E-state index contributed by atoms with van der Waals surface area (Å²) < 4.78 is 6.86. The smallest absolute Gasteiger partial charge is 0.145 e. The molecule has 0 aliphatic heterocycles. The van der Waals surface area contributed by atoms with Crippen LogP contribution in [0.25, 0.3) is 0 Å². The van der Waals surface area contributed by atoms with Gasteiger partial charge in [-0.3, -0.25) is 0 Å². The van der Waals surface area contributed by atoms with E-state index in [2.05, 4.69) is 40.9 Å². The molecule has 3 nitrogen and oxygen atoms in total. The first-order chi connectivity index (χ1) is 9.74. The highest BCUT2D eigenvalue weighted by Crippen LogP contribution is 2.29. The molecule has 0 saturated carbocycles.